The van der Waals surface area contributed by atoms with Crippen molar-refractivity contribution in [3.05, 3.63) is 90.5 Å². The van der Waals surface area contributed by atoms with Gasteiger partial charge in [-0.2, -0.15) is 0 Å². The van der Waals surface area contributed by atoms with Gasteiger partial charge in [0, 0.05) is 11.0 Å². The minimum atomic E-state index is -0.591. The lowest BCUT2D eigenvalue weighted by molar-refractivity contribution is -0.137. The van der Waals surface area contributed by atoms with Crippen LogP contribution in [0.3, 0.4) is 0 Å². The fraction of sp³-hybridized carbons (Fsp3) is 0.303. The van der Waals surface area contributed by atoms with E-state index in [1.54, 1.807) is 48.2 Å². The maximum atomic E-state index is 12.7. The molecule has 3 aromatic rings. The summed E-state index contributed by atoms with van der Waals surface area (Å²) in [4.78, 5) is 37.6. The highest BCUT2D eigenvalue weighted by atomic mass is 32.2. The van der Waals surface area contributed by atoms with E-state index in [1.165, 1.54) is 44.6 Å². The van der Waals surface area contributed by atoms with Gasteiger partial charge in [-0.05, 0) is 91.7 Å². The van der Waals surface area contributed by atoms with Crippen molar-refractivity contribution in [2.24, 2.45) is 0 Å². The minimum absolute atomic E-state index is 0.168. The van der Waals surface area contributed by atoms with E-state index in [-0.39, 0.29) is 17.1 Å². The molecule has 0 fully saturated rings. The van der Waals surface area contributed by atoms with Crippen LogP contribution in [0.15, 0.2) is 84.3 Å². The summed E-state index contributed by atoms with van der Waals surface area (Å²) in [6.45, 7) is 6.26. The van der Waals surface area contributed by atoms with Gasteiger partial charge in [0.2, 0.25) is 0 Å². The van der Waals surface area contributed by atoms with Gasteiger partial charge in [-0.15, -0.1) is 11.8 Å². The van der Waals surface area contributed by atoms with Crippen LogP contribution in [0.25, 0.3) is 0 Å². The first-order valence-electron chi connectivity index (χ1n) is 13.8. The number of carbonyl (C=O) groups excluding carboxylic acids is 3. The zero-order valence-electron chi connectivity index (χ0n) is 24.0. The maximum absolute atomic E-state index is 12.7. The van der Waals surface area contributed by atoms with Crippen LogP contribution in [0.2, 0.25) is 0 Å². The summed E-state index contributed by atoms with van der Waals surface area (Å²) >= 11 is 1.78. The Bertz CT molecular complexity index is 1320. The van der Waals surface area contributed by atoms with E-state index in [4.69, 9.17) is 23.7 Å². The van der Waals surface area contributed by atoms with Crippen LogP contribution in [0, 0.1) is 0 Å². The summed E-state index contributed by atoms with van der Waals surface area (Å²) in [7, 11) is 1.42. The number of ether oxygens (including phenoxy) is 5. The van der Waals surface area contributed by atoms with Crippen molar-refractivity contribution >= 4 is 29.7 Å². The second kappa shape index (κ2) is 17.5. The highest BCUT2D eigenvalue weighted by Gasteiger charge is 2.17. The third kappa shape index (κ3) is 10.6. The molecular weight excluding hydrogens is 556 g/mol. The number of rotatable bonds is 17. The molecule has 0 aliphatic heterocycles. The fourth-order valence-corrected chi connectivity index (χ4v) is 4.58. The molecule has 0 radical (unpaired) electrons. The third-order valence-electron chi connectivity index (χ3n) is 5.96. The Labute approximate surface area is 251 Å². The summed E-state index contributed by atoms with van der Waals surface area (Å²) in [5, 5.41) is 0. The van der Waals surface area contributed by atoms with Crippen molar-refractivity contribution in [2.75, 3.05) is 26.1 Å². The molecule has 0 heterocycles. The molecule has 222 valence electrons. The molecular formula is C33H36O8S. The number of hydrogen-bond acceptors (Lipinski definition) is 9. The van der Waals surface area contributed by atoms with Crippen LogP contribution in [-0.2, 0) is 9.53 Å². The molecule has 0 spiro atoms. The summed E-state index contributed by atoms with van der Waals surface area (Å²) in [5.74, 6) is 0.886. The molecule has 3 aromatic carbocycles. The summed E-state index contributed by atoms with van der Waals surface area (Å²) in [6.07, 6.45) is 6.06. The first-order chi connectivity index (χ1) is 20.4. The average molecular weight is 593 g/mol. The topological polar surface area (TPSA) is 97.4 Å². The van der Waals surface area contributed by atoms with E-state index in [0.717, 1.165) is 16.7 Å². The van der Waals surface area contributed by atoms with E-state index in [2.05, 4.69) is 13.5 Å². The summed E-state index contributed by atoms with van der Waals surface area (Å²) < 4.78 is 27.0. The van der Waals surface area contributed by atoms with Gasteiger partial charge in [-0.25, -0.2) is 14.4 Å². The molecule has 0 atom stereocenters. The van der Waals surface area contributed by atoms with Crippen molar-refractivity contribution < 1.29 is 38.1 Å². The SMILES string of the molecule is C=CC(=O)OCCCCOc1ccc(C(=O)Oc2ccc(C(=O)Oc3ccc(SCCCCC)cc3)cc2OC)cc1. The molecule has 0 amide bonds. The molecule has 3 rings (SSSR count). The number of benzene rings is 3. The van der Waals surface area contributed by atoms with E-state index >= 15 is 0 Å². The molecule has 0 bridgehead atoms. The maximum Gasteiger partial charge on any atom is 0.343 e. The van der Waals surface area contributed by atoms with Gasteiger partial charge < -0.3 is 23.7 Å². The normalized spacial score (nSPS) is 10.4. The predicted octanol–water partition coefficient (Wildman–Crippen LogP) is 7.30. The van der Waals surface area contributed by atoms with Crippen LogP contribution in [0.5, 0.6) is 23.0 Å². The summed E-state index contributed by atoms with van der Waals surface area (Å²) in [5.41, 5.74) is 0.571. The first-order valence-corrected chi connectivity index (χ1v) is 14.8. The van der Waals surface area contributed by atoms with Crippen LogP contribution in [0.1, 0.15) is 59.7 Å². The van der Waals surface area contributed by atoms with E-state index in [9.17, 15) is 14.4 Å². The first kappa shape index (κ1) is 32.3. The minimum Gasteiger partial charge on any atom is -0.494 e. The van der Waals surface area contributed by atoms with Gasteiger partial charge in [0.25, 0.3) is 0 Å². The second-order valence-corrected chi connectivity index (χ2v) is 10.3. The fourth-order valence-electron chi connectivity index (χ4n) is 3.66. The van der Waals surface area contributed by atoms with Gasteiger partial charge in [-0.1, -0.05) is 26.3 Å². The van der Waals surface area contributed by atoms with Crippen molar-refractivity contribution in [3.8, 4) is 23.0 Å². The zero-order valence-corrected chi connectivity index (χ0v) is 24.8. The highest BCUT2D eigenvalue weighted by Crippen LogP contribution is 2.30. The molecule has 0 saturated heterocycles. The Hall–Kier alpha value is -4.24. The Kier molecular flexibility index (Phi) is 13.5. The zero-order chi connectivity index (χ0) is 30.2. The van der Waals surface area contributed by atoms with Crippen LogP contribution >= 0.6 is 11.8 Å². The highest BCUT2D eigenvalue weighted by molar-refractivity contribution is 7.99. The third-order valence-corrected chi connectivity index (χ3v) is 7.06. The van der Waals surface area contributed by atoms with Crippen molar-refractivity contribution in [3.63, 3.8) is 0 Å². The summed E-state index contributed by atoms with van der Waals surface area (Å²) in [6, 6.07) is 18.4. The largest absolute Gasteiger partial charge is 0.494 e. The monoisotopic (exact) mass is 592 g/mol. The van der Waals surface area contributed by atoms with Crippen LogP contribution in [-0.4, -0.2) is 44.0 Å². The van der Waals surface area contributed by atoms with E-state index < -0.39 is 17.9 Å². The Balaban J connectivity index is 1.50. The average Bonchev–Trinajstić information content (AvgIpc) is 3.02. The van der Waals surface area contributed by atoms with Crippen molar-refractivity contribution in [1.29, 1.82) is 0 Å². The van der Waals surface area contributed by atoms with Crippen LogP contribution in [0.4, 0.5) is 0 Å². The van der Waals surface area contributed by atoms with Gasteiger partial charge >= 0.3 is 17.9 Å². The Morgan fingerprint density at radius 2 is 1.43 bits per heavy atom. The quantitative estimate of drug-likeness (QED) is 0.0526. The molecule has 9 heteroatoms. The second-order valence-electron chi connectivity index (χ2n) is 9.12. The lowest BCUT2D eigenvalue weighted by atomic mass is 10.2. The van der Waals surface area contributed by atoms with E-state index in [0.29, 0.717) is 43.1 Å². The molecule has 0 N–H and O–H groups in total. The lowest BCUT2D eigenvalue weighted by Gasteiger charge is -2.12. The van der Waals surface area contributed by atoms with Crippen LogP contribution < -0.4 is 18.9 Å². The van der Waals surface area contributed by atoms with Crippen molar-refractivity contribution in [2.45, 2.75) is 43.9 Å². The number of carbonyl (C=O) groups is 3. The van der Waals surface area contributed by atoms with Crippen molar-refractivity contribution in [1.82, 2.24) is 0 Å². The molecule has 0 saturated carbocycles. The molecule has 8 nitrogen and oxygen atoms in total. The van der Waals surface area contributed by atoms with Gasteiger partial charge in [0.1, 0.15) is 11.5 Å². The molecule has 0 unspecified atom stereocenters. The molecule has 0 aromatic heterocycles. The molecule has 42 heavy (non-hydrogen) atoms. The number of unbranched alkanes of at least 4 members (excludes halogenated alkanes) is 3. The van der Waals surface area contributed by atoms with Gasteiger partial charge in [-0.3, -0.25) is 0 Å². The van der Waals surface area contributed by atoms with E-state index in [1.807, 2.05) is 12.1 Å². The number of esters is 3. The smallest absolute Gasteiger partial charge is 0.343 e. The molecule has 0 aliphatic rings. The lowest BCUT2D eigenvalue weighted by Crippen LogP contribution is -2.11. The Morgan fingerprint density at radius 3 is 2.12 bits per heavy atom. The standard InChI is InChI=1S/C33H36O8S/c1-4-6-9-22-42-28-17-15-27(16-18-28)40-33(36)25-12-19-29(30(23-25)37-3)41-32(35)24-10-13-26(14-11-24)38-20-7-8-21-39-31(34)5-2/h5,10-19,23H,2,4,6-9,20-22H2,1,3H3. The molecule has 0 aliphatic carbocycles. The number of hydrogen-bond donors (Lipinski definition) is 0. The Morgan fingerprint density at radius 1 is 0.762 bits per heavy atom. The number of thioether (sulfide) groups is 1. The number of methoxy groups -OCH3 is 1. The van der Waals surface area contributed by atoms with Gasteiger partial charge in [0.05, 0.1) is 31.5 Å². The predicted molar refractivity (Wildman–Crippen MR) is 162 cm³/mol. The van der Waals surface area contributed by atoms with Gasteiger partial charge in [0.15, 0.2) is 11.5 Å².